The molecule has 2 nitrogen and oxygen atoms in total. The van der Waals surface area contributed by atoms with Gasteiger partial charge in [-0.15, -0.1) is 0 Å². The van der Waals surface area contributed by atoms with E-state index in [4.69, 9.17) is 22.7 Å². The Balaban J connectivity index is 1.98. The number of nitrogens with two attached hydrogens (primary N) is 1. The standard InChI is InChI=1S/C14H13NOS/c15-14(17)12-6-8-13(9-7-12)16-10-11-4-2-1-3-5-11/h1-9H,10H2,(H2,15,17). The van der Waals surface area contributed by atoms with Gasteiger partial charge in [0.25, 0.3) is 0 Å². The van der Waals surface area contributed by atoms with Crippen molar-refractivity contribution in [1.82, 2.24) is 0 Å². The molecule has 2 aromatic rings. The number of hydrogen-bond acceptors (Lipinski definition) is 2. The fourth-order valence-electron chi connectivity index (χ4n) is 1.46. The molecular weight excluding hydrogens is 230 g/mol. The highest BCUT2D eigenvalue weighted by atomic mass is 32.1. The molecule has 0 amide bonds. The fourth-order valence-corrected chi connectivity index (χ4v) is 1.59. The summed E-state index contributed by atoms with van der Waals surface area (Å²) in [4.78, 5) is 0.402. The first kappa shape index (κ1) is 11.6. The number of ether oxygens (including phenoxy) is 1. The van der Waals surface area contributed by atoms with E-state index in [9.17, 15) is 0 Å². The van der Waals surface area contributed by atoms with Crippen LogP contribution >= 0.6 is 12.2 Å². The third-order valence-corrected chi connectivity index (χ3v) is 2.62. The van der Waals surface area contributed by atoms with Crippen molar-refractivity contribution in [1.29, 1.82) is 0 Å². The maximum atomic E-state index is 5.64. The molecule has 0 bridgehead atoms. The van der Waals surface area contributed by atoms with Crippen LogP contribution in [0.2, 0.25) is 0 Å². The van der Waals surface area contributed by atoms with Gasteiger partial charge in [0, 0.05) is 5.56 Å². The highest BCUT2D eigenvalue weighted by molar-refractivity contribution is 7.80. The molecule has 2 aromatic carbocycles. The van der Waals surface area contributed by atoms with Crippen molar-refractivity contribution in [3.05, 3.63) is 65.7 Å². The van der Waals surface area contributed by atoms with E-state index in [1.165, 1.54) is 0 Å². The third kappa shape index (κ3) is 3.29. The summed E-state index contributed by atoms with van der Waals surface area (Å²) < 4.78 is 5.64. The summed E-state index contributed by atoms with van der Waals surface area (Å²) in [5.74, 6) is 0.814. The molecule has 0 aliphatic heterocycles. The molecule has 0 aliphatic rings. The minimum atomic E-state index is 0.402. The number of rotatable bonds is 4. The highest BCUT2D eigenvalue weighted by Gasteiger charge is 1.98. The smallest absolute Gasteiger partial charge is 0.119 e. The van der Waals surface area contributed by atoms with Gasteiger partial charge in [0.05, 0.1) is 0 Å². The van der Waals surface area contributed by atoms with Crippen molar-refractivity contribution in [3.63, 3.8) is 0 Å². The van der Waals surface area contributed by atoms with E-state index < -0.39 is 0 Å². The molecule has 2 rings (SSSR count). The molecule has 0 atom stereocenters. The first-order valence-corrected chi connectivity index (χ1v) is 5.73. The molecule has 0 heterocycles. The Morgan fingerprint density at radius 3 is 2.24 bits per heavy atom. The molecule has 0 aromatic heterocycles. The van der Waals surface area contributed by atoms with Gasteiger partial charge in [-0.25, -0.2) is 0 Å². The highest BCUT2D eigenvalue weighted by Crippen LogP contribution is 2.14. The molecule has 0 spiro atoms. The SMILES string of the molecule is NC(=S)c1ccc(OCc2ccccc2)cc1. The van der Waals surface area contributed by atoms with Gasteiger partial charge in [-0.2, -0.15) is 0 Å². The van der Waals surface area contributed by atoms with E-state index in [0.29, 0.717) is 11.6 Å². The Morgan fingerprint density at radius 1 is 1.00 bits per heavy atom. The van der Waals surface area contributed by atoms with Crippen LogP contribution in [-0.4, -0.2) is 4.99 Å². The Hall–Kier alpha value is -1.87. The monoisotopic (exact) mass is 243 g/mol. The van der Waals surface area contributed by atoms with Crippen LogP contribution in [0.25, 0.3) is 0 Å². The van der Waals surface area contributed by atoms with Gasteiger partial charge in [-0.05, 0) is 29.8 Å². The van der Waals surface area contributed by atoms with Crippen LogP contribution in [0.1, 0.15) is 11.1 Å². The predicted octanol–water partition coefficient (Wildman–Crippen LogP) is 2.90. The van der Waals surface area contributed by atoms with Crippen LogP contribution in [-0.2, 0) is 6.61 Å². The lowest BCUT2D eigenvalue weighted by Gasteiger charge is -2.06. The summed E-state index contributed by atoms with van der Waals surface area (Å²) in [6, 6.07) is 17.5. The largest absolute Gasteiger partial charge is 0.489 e. The quantitative estimate of drug-likeness (QED) is 0.839. The molecule has 0 unspecified atom stereocenters. The second-order valence-electron chi connectivity index (χ2n) is 3.66. The van der Waals surface area contributed by atoms with Gasteiger partial charge in [0.1, 0.15) is 17.3 Å². The van der Waals surface area contributed by atoms with Crippen molar-refractivity contribution >= 4 is 17.2 Å². The molecule has 0 radical (unpaired) electrons. The van der Waals surface area contributed by atoms with Gasteiger partial charge in [-0.3, -0.25) is 0 Å². The number of benzene rings is 2. The van der Waals surface area contributed by atoms with E-state index in [-0.39, 0.29) is 0 Å². The van der Waals surface area contributed by atoms with Crippen LogP contribution in [0.5, 0.6) is 5.75 Å². The molecular formula is C14H13NOS. The minimum absolute atomic E-state index is 0.402. The Morgan fingerprint density at radius 2 is 1.65 bits per heavy atom. The summed E-state index contributed by atoms with van der Waals surface area (Å²) in [5, 5.41) is 0. The minimum Gasteiger partial charge on any atom is -0.489 e. The van der Waals surface area contributed by atoms with Crippen LogP contribution in [0.3, 0.4) is 0 Å². The average Bonchev–Trinajstić information content (AvgIpc) is 2.38. The van der Waals surface area contributed by atoms with E-state index in [0.717, 1.165) is 16.9 Å². The molecule has 0 aliphatic carbocycles. The van der Waals surface area contributed by atoms with Crippen LogP contribution in [0.4, 0.5) is 0 Å². The zero-order valence-electron chi connectivity index (χ0n) is 9.30. The summed E-state index contributed by atoms with van der Waals surface area (Å²) in [6.45, 7) is 0.563. The first-order valence-electron chi connectivity index (χ1n) is 5.32. The summed E-state index contributed by atoms with van der Waals surface area (Å²) in [5.41, 5.74) is 7.52. The lowest BCUT2D eigenvalue weighted by Crippen LogP contribution is -2.08. The molecule has 17 heavy (non-hydrogen) atoms. The number of thiocarbonyl (C=S) groups is 1. The second-order valence-corrected chi connectivity index (χ2v) is 4.10. The Bertz CT molecular complexity index is 493. The van der Waals surface area contributed by atoms with Gasteiger partial charge < -0.3 is 10.5 Å². The van der Waals surface area contributed by atoms with Crippen molar-refractivity contribution < 1.29 is 4.74 Å². The van der Waals surface area contributed by atoms with Gasteiger partial charge in [0.2, 0.25) is 0 Å². The maximum absolute atomic E-state index is 5.64. The first-order chi connectivity index (χ1) is 8.25. The summed E-state index contributed by atoms with van der Waals surface area (Å²) in [6.07, 6.45) is 0. The normalized spacial score (nSPS) is 9.88. The average molecular weight is 243 g/mol. The summed E-state index contributed by atoms with van der Waals surface area (Å²) in [7, 11) is 0. The Labute approximate surface area is 106 Å². The molecule has 86 valence electrons. The van der Waals surface area contributed by atoms with Gasteiger partial charge in [0.15, 0.2) is 0 Å². The van der Waals surface area contributed by atoms with Gasteiger partial charge in [-0.1, -0.05) is 42.5 Å². The van der Waals surface area contributed by atoms with Crippen molar-refractivity contribution in [2.75, 3.05) is 0 Å². The van der Waals surface area contributed by atoms with Crippen LogP contribution in [0.15, 0.2) is 54.6 Å². The van der Waals surface area contributed by atoms with Crippen LogP contribution in [0, 0.1) is 0 Å². The maximum Gasteiger partial charge on any atom is 0.119 e. The van der Waals surface area contributed by atoms with Crippen LogP contribution < -0.4 is 10.5 Å². The topological polar surface area (TPSA) is 35.2 Å². The lowest BCUT2D eigenvalue weighted by molar-refractivity contribution is 0.306. The van der Waals surface area contributed by atoms with E-state index in [2.05, 4.69) is 0 Å². The second kappa shape index (κ2) is 5.46. The molecule has 3 heteroatoms. The number of hydrogen-bond donors (Lipinski definition) is 1. The zero-order chi connectivity index (χ0) is 12.1. The van der Waals surface area contributed by atoms with Gasteiger partial charge >= 0.3 is 0 Å². The molecule has 2 N–H and O–H groups in total. The molecule has 0 saturated heterocycles. The van der Waals surface area contributed by atoms with E-state index >= 15 is 0 Å². The van der Waals surface area contributed by atoms with E-state index in [1.807, 2.05) is 54.6 Å². The summed E-state index contributed by atoms with van der Waals surface area (Å²) >= 11 is 4.88. The van der Waals surface area contributed by atoms with Crippen molar-refractivity contribution in [3.8, 4) is 5.75 Å². The zero-order valence-corrected chi connectivity index (χ0v) is 10.1. The van der Waals surface area contributed by atoms with E-state index in [1.54, 1.807) is 0 Å². The van der Waals surface area contributed by atoms with Crippen molar-refractivity contribution in [2.45, 2.75) is 6.61 Å². The Kier molecular flexibility index (Phi) is 3.73. The molecule has 0 saturated carbocycles. The predicted molar refractivity (Wildman–Crippen MR) is 73.1 cm³/mol. The third-order valence-electron chi connectivity index (χ3n) is 2.39. The molecule has 0 fully saturated rings. The van der Waals surface area contributed by atoms with Crippen molar-refractivity contribution in [2.24, 2.45) is 5.73 Å². The lowest BCUT2D eigenvalue weighted by atomic mass is 10.2. The fraction of sp³-hybridized carbons (Fsp3) is 0.0714.